The molecule has 0 spiro atoms. The Morgan fingerprint density at radius 3 is 2.50 bits per heavy atom. The third-order valence-electron chi connectivity index (χ3n) is 3.70. The molecule has 1 N–H and O–H groups in total. The third-order valence-corrected chi connectivity index (χ3v) is 3.70. The van der Waals surface area contributed by atoms with Crippen molar-refractivity contribution in [2.24, 2.45) is 11.8 Å². The topological polar surface area (TPSA) is 38.3 Å². The van der Waals surface area contributed by atoms with Gasteiger partial charge >= 0.3 is 5.97 Å². The molecule has 0 aromatic rings. The lowest BCUT2D eigenvalue weighted by Gasteiger charge is -2.37. The number of hydrogen-bond acceptors (Lipinski definition) is 3. The highest BCUT2D eigenvalue weighted by molar-refractivity contribution is 5.72. The van der Waals surface area contributed by atoms with Gasteiger partial charge < -0.3 is 10.1 Å². The number of carbonyl (C=O) groups is 1. The lowest BCUT2D eigenvalue weighted by Crippen LogP contribution is -2.43. The molecular weight excluding hydrogens is 202 g/mol. The van der Waals surface area contributed by atoms with E-state index in [0.717, 1.165) is 32.4 Å². The lowest BCUT2D eigenvalue weighted by atomic mass is 9.83. The van der Waals surface area contributed by atoms with Gasteiger partial charge in [0.05, 0.1) is 5.92 Å². The van der Waals surface area contributed by atoms with E-state index in [0.29, 0.717) is 5.92 Å². The summed E-state index contributed by atoms with van der Waals surface area (Å²) in [7, 11) is 0. The van der Waals surface area contributed by atoms with Gasteiger partial charge in [0, 0.05) is 5.92 Å². The van der Waals surface area contributed by atoms with Crippen LogP contribution in [0.5, 0.6) is 0 Å². The van der Waals surface area contributed by atoms with Gasteiger partial charge in [-0.15, -0.1) is 0 Å². The molecule has 1 rings (SSSR count). The zero-order chi connectivity index (χ0) is 12.2. The second kappa shape index (κ2) is 5.67. The molecule has 0 aliphatic carbocycles. The summed E-state index contributed by atoms with van der Waals surface area (Å²) in [5.74, 6) is 0.453. The van der Waals surface area contributed by atoms with E-state index in [1.165, 1.54) is 0 Å². The van der Waals surface area contributed by atoms with Gasteiger partial charge in [0.1, 0.15) is 5.60 Å². The van der Waals surface area contributed by atoms with Crippen LogP contribution in [-0.4, -0.2) is 24.7 Å². The molecule has 0 saturated carbocycles. The Hall–Kier alpha value is -0.570. The molecule has 0 bridgehead atoms. The van der Waals surface area contributed by atoms with Crippen molar-refractivity contribution in [2.45, 2.75) is 52.6 Å². The molecule has 1 atom stereocenters. The average molecular weight is 227 g/mol. The highest BCUT2D eigenvalue weighted by Crippen LogP contribution is 2.29. The van der Waals surface area contributed by atoms with Crippen LogP contribution in [0.3, 0.4) is 0 Å². The van der Waals surface area contributed by atoms with E-state index in [2.05, 4.69) is 5.32 Å². The smallest absolute Gasteiger partial charge is 0.309 e. The van der Waals surface area contributed by atoms with E-state index in [1.54, 1.807) is 0 Å². The SMILES string of the molecule is CCC(C)C(=O)OC(C)(C)C1CCNCC1. The van der Waals surface area contributed by atoms with E-state index in [1.807, 2.05) is 27.7 Å². The number of nitrogens with one attached hydrogen (secondary N) is 1. The number of carbonyl (C=O) groups excluding carboxylic acids is 1. The zero-order valence-electron chi connectivity index (χ0n) is 11.0. The van der Waals surface area contributed by atoms with Crippen LogP contribution in [0.25, 0.3) is 0 Å². The molecule has 0 radical (unpaired) electrons. The quantitative estimate of drug-likeness (QED) is 0.749. The Labute approximate surface area is 98.9 Å². The van der Waals surface area contributed by atoms with Gasteiger partial charge in [-0.25, -0.2) is 0 Å². The van der Waals surface area contributed by atoms with Crippen LogP contribution in [0.2, 0.25) is 0 Å². The largest absolute Gasteiger partial charge is 0.459 e. The first-order chi connectivity index (χ1) is 7.47. The Bertz CT molecular complexity index is 232. The molecule has 3 nitrogen and oxygen atoms in total. The van der Waals surface area contributed by atoms with Crippen molar-refractivity contribution in [1.82, 2.24) is 5.32 Å². The normalized spacial score (nSPS) is 20.5. The van der Waals surface area contributed by atoms with Crippen molar-refractivity contribution in [3.8, 4) is 0 Å². The summed E-state index contributed by atoms with van der Waals surface area (Å²) in [6, 6.07) is 0. The summed E-state index contributed by atoms with van der Waals surface area (Å²) < 4.78 is 5.66. The van der Waals surface area contributed by atoms with E-state index in [4.69, 9.17) is 4.74 Å². The van der Waals surface area contributed by atoms with Crippen LogP contribution in [-0.2, 0) is 9.53 Å². The molecule has 1 aliphatic heterocycles. The predicted molar refractivity (Wildman–Crippen MR) is 65.2 cm³/mol. The predicted octanol–water partition coefficient (Wildman–Crippen LogP) is 2.35. The molecule has 0 amide bonds. The van der Waals surface area contributed by atoms with Gasteiger partial charge in [0.25, 0.3) is 0 Å². The van der Waals surface area contributed by atoms with Crippen molar-refractivity contribution < 1.29 is 9.53 Å². The van der Waals surface area contributed by atoms with Crippen molar-refractivity contribution in [2.75, 3.05) is 13.1 Å². The highest BCUT2D eigenvalue weighted by Gasteiger charge is 2.34. The second-order valence-corrected chi connectivity index (χ2v) is 5.36. The van der Waals surface area contributed by atoms with Crippen molar-refractivity contribution in [3.05, 3.63) is 0 Å². The Balaban J connectivity index is 2.52. The molecule has 3 heteroatoms. The molecule has 16 heavy (non-hydrogen) atoms. The second-order valence-electron chi connectivity index (χ2n) is 5.36. The summed E-state index contributed by atoms with van der Waals surface area (Å²) in [5, 5.41) is 3.33. The molecule has 1 saturated heterocycles. The molecule has 94 valence electrons. The van der Waals surface area contributed by atoms with Gasteiger partial charge in [-0.2, -0.15) is 0 Å². The van der Waals surface area contributed by atoms with Crippen molar-refractivity contribution in [3.63, 3.8) is 0 Å². The lowest BCUT2D eigenvalue weighted by molar-refractivity contribution is -0.167. The van der Waals surface area contributed by atoms with Gasteiger partial charge in [-0.3, -0.25) is 4.79 Å². The van der Waals surface area contributed by atoms with Gasteiger partial charge in [0.2, 0.25) is 0 Å². The first-order valence-corrected chi connectivity index (χ1v) is 6.41. The molecule has 1 unspecified atom stereocenters. The fraction of sp³-hybridized carbons (Fsp3) is 0.923. The molecule has 0 aromatic carbocycles. The molecule has 1 fully saturated rings. The van der Waals surface area contributed by atoms with Crippen LogP contribution in [0, 0.1) is 11.8 Å². The minimum Gasteiger partial charge on any atom is -0.459 e. The van der Waals surface area contributed by atoms with Gasteiger partial charge in [-0.05, 0) is 46.2 Å². The maximum Gasteiger partial charge on any atom is 0.309 e. The molecular formula is C13H25NO2. The van der Waals surface area contributed by atoms with Gasteiger partial charge in [-0.1, -0.05) is 13.8 Å². The third kappa shape index (κ3) is 3.48. The van der Waals surface area contributed by atoms with Crippen LogP contribution in [0.4, 0.5) is 0 Å². The number of hydrogen-bond donors (Lipinski definition) is 1. The number of esters is 1. The van der Waals surface area contributed by atoms with E-state index in [-0.39, 0.29) is 17.5 Å². The van der Waals surface area contributed by atoms with Crippen molar-refractivity contribution in [1.29, 1.82) is 0 Å². The minimum absolute atomic E-state index is 0.0148. The molecule has 0 aromatic heterocycles. The van der Waals surface area contributed by atoms with E-state index >= 15 is 0 Å². The summed E-state index contributed by atoms with van der Waals surface area (Å²) in [5.41, 5.74) is -0.317. The Morgan fingerprint density at radius 1 is 1.44 bits per heavy atom. The summed E-state index contributed by atoms with van der Waals surface area (Å²) in [6.07, 6.45) is 3.04. The fourth-order valence-electron chi connectivity index (χ4n) is 2.13. The standard InChI is InChI=1S/C13H25NO2/c1-5-10(2)12(15)16-13(3,4)11-6-8-14-9-7-11/h10-11,14H,5-9H2,1-4H3. The van der Waals surface area contributed by atoms with Crippen LogP contribution in [0.15, 0.2) is 0 Å². The van der Waals surface area contributed by atoms with Crippen LogP contribution < -0.4 is 5.32 Å². The van der Waals surface area contributed by atoms with Crippen LogP contribution in [0.1, 0.15) is 47.0 Å². The maximum atomic E-state index is 11.8. The first kappa shape index (κ1) is 13.5. The molecule has 1 aliphatic rings. The molecule has 1 heterocycles. The minimum atomic E-state index is -0.317. The number of rotatable bonds is 4. The van der Waals surface area contributed by atoms with Gasteiger partial charge in [0.15, 0.2) is 0 Å². The number of piperidine rings is 1. The summed E-state index contributed by atoms with van der Waals surface area (Å²) in [6.45, 7) is 10.1. The Kier molecular flexibility index (Phi) is 4.78. The Morgan fingerprint density at radius 2 is 2.00 bits per heavy atom. The number of ether oxygens (including phenoxy) is 1. The van der Waals surface area contributed by atoms with Crippen LogP contribution >= 0.6 is 0 Å². The van der Waals surface area contributed by atoms with E-state index in [9.17, 15) is 4.79 Å². The van der Waals surface area contributed by atoms with E-state index < -0.39 is 0 Å². The summed E-state index contributed by atoms with van der Waals surface area (Å²) in [4.78, 5) is 11.8. The highest BCUT2D eigenvalue weighted by atomic mass is 16.6. The maximum absolute atomic E-state index is 11.8. The zero-order valence-corrected chi connectivity index (χ0v) is 11.0. The fourth-order valence-corrected chi connectivity index (χ4v) is 2.13. The first-order valence-electron chi connectivity index (χ1n) is 6.41. The monoisotopic (exact) mass is 227 g/mol. The van der Waals surface area contributed by atoms with Crippen molar-refractivity contribution >= 4 is 5.97 Å². The average Bonchev–Trinajstić information content (AvgIpc) is 2.28. The summed E-state index contributed by atoms with van der Waals surface area (Å²) >= 11 is 0.